The van der Waals surface area contributed by atoms with E-state index in [0.29, 0.717) is 31.4 Å². The van der Waals surface area contributed by atoms with E-state index in [4.69, 9.17) is 5.11 Å². The minimum Gasteiger partial charge on any atom is -0.507 e. The molecule has 156 valence electrons. The molecule has 1 unspecified atom stereocenters. The van der Waals surface area contributed by atoms with Gasteiger partial charge in [-0.25, -0.2) is 0 Å². The number of ketones is 1. The summed E-state index contributed by atoms with van der Waals surface area (Å²) in [7, 11) is 0. The molecule has 0 aromatic heterocycles. The molecule has 2 aromatic rings. The number of amides is 1. The summed E-state index contributed by atoms with van der Waals surface area (Å²) in [4.78, 5) is 37.9. The second-order valence-electron chi connectivity index (χ2n) is 7.47. The number of benzene rings is 2. The third-order valence-corrected chi connectivity index (χ3v) is 5.27. The molecule has 1 fully saturated rings. The van der Waals surface area contributed by atoms with Crippen molar-refractivity contribution >= 4 is 23.4 Å². The molecule has 6 heteroatoms. The second kappa shape index (κ2) is 9.39. The zero-order chi connectivity index (χ0) is 21.7. The Kier molecular flexibility index (Phi) is 6.67. The molecule has 1 heterocycles. The molecular weight excluding hydrogens is 382 g/mol. The van der Waals surface area contributed by atoms with Crippen LogP contribution in [0.5, 0.6) is 0 Å². The zero-order valence-corrected chi connectivity index (χ0v) is 16.9. The van der Waals surface area contributed by atoms with E-state index in [1.54, 1.807) is 24.3 Å². The molecule has 30 heavy (non-hydrogen) atoms. The van der Waals surface area contributed by atoms with Gasteiger partial charge in [-0.05, 0) is 25.3 Å². The van der Waals surface area contributed by atoms with E-state index in [1.165, 1.54) is 4.90 Å². The number of likely N-dealkylation sites (tertiary alicyclic amines) is 1. The van der Waals surface area contributed by atoms with E-state index in [9.17, 15) is 19.5 Å². The van der Waals surface area contributed by atoms with Crippen LogP contribution in [0.2, 0.25) is 0 Å². The lowest BCUT2D eigenvalue weighted by molar-refractivity contribution is -0.140. The predicted molar refractivity (Wildman–Crippen MR) is 113 cm³/mol. The van der Waals surface area contributed by atoms with Gasteiger partial charge in [-0.3, -0.25) is 14.4 Å². The van der Waals surface area contributed by atoms with Crippen LogP contribution >= 0.6 is 0 Å². The number of rotatable bonds is 8. The number of aliphatic hydroxyl groups excluding tert-OH is 1. The predicted octanol–water partition coefficient (Wildman–Crippen LogP) is 4.06. The van der Waals surface area contributed by atoms with E-state index in [-0.39, 0.29) is 17.8 Å². The highest BCUT2D eigenvalue weighted by Crippen LogP contribution is 2.39. The first kappa shape index (κ1) is 21.3. The largest absolute Gasteiger partial charge is 0.507 e. The molecule has 1 amide bonds. The summed E-state index contributed by atoms with van der Waals surface area (Å²) in [5.74, 6) is -2.38. The number of carboxylic acids is 1. The van der Waals surface area contributed by atoms with Crippen molar-refractivity contribution in [1.82, 2.24) is 4.90 Å². The first-order valence-corrected chi connectivity index (χ1v) is 10.0. The number of nitrogens with zero attached hydrogens (tertiary/aromatic N) is 1. The van der Waals surface area contributed by atoms with Crippen molar-refractivity contribution in [2.45, 2.75) is 38.6 Å². The molecule has 1 atom stereocenters. The normalized spacial score (nSPS) is 18.0. The summed E-state index contributed by atoms with van der Waals surface area (Å²) in [5, 5.41) is 19.7. The minimum atomic E-state index is -0.849. The number of carbonyl (C=O) groups is 3. The van der Waals surface area contributed by atoms with Crippen molar-refractivity contribution in [3.63, 3.8) is 0 Å². The number of Topliss-reactive ketones (excluding diaryl/α,β-unsaturated/α-hetero) is 1. The van der Waals surface area contributed by atoms with Crippen LogP contribution in [0.4, 0.5) is 0 Å². The molecule has 0 bridgehead atoms. The van der Waals surface area contributed by atoms with Crippen LogP contribution in [0.1, 0.15) is 48.4 Å². The lowest BCUT2D eigenvalue weighted by atomic mass is 9.94. The molecule has 1 aliphatic heterocycles. The van der Waals surface area contributed by atoms with Crippen molar-refractivity contribution < 1.29 is 24.6 Å². The van der Waals surface area contributed by atoms with E-state index in [0.717, 1.165) is 11.1 Å². The van der Waals surface area contributed by atoms with Gasteiger partial charge in [0, 0.05) is 18.5 Å². The lowest BCUT2D eigenvalue weighted by Crippen LogP contribution is -2.30. The maximum atomic E-state index is 12.9. The highest BCUT2D eigenvalue weighted by atomic mass is 16.4. The maximum Gasteiger partial charge on any atom is 0.303 e. The van der Waals surface area contributed by atoms with Crippen LogP contribution in [-0.2, 0) is 14.4 Å². The van der Waals surface area contributed by atoms with Crippen molar-refractivity contribution in [2.75, 3.05) is 6.54 Å². The molecule has 0 aliphatic carbocycles. The van der Waals surface area contributed by atoms with E-state index >= 15 is 0 Å². The Hall–Kier alpha value is -3.41. The molecular formula is C24H25NO5. The van der Waals surface area contributed by atoms with Gasteiger partial charge in [0.25, 0.3) is 11.7 Å². The molecule has 2 N–H and O–H groups in total. The molecule has 3 rings (SSSR count). The number of aliphatic carboxylic acids is 1. The smallest absolute Gasteiger partial charge is 0.303 e. The van der Waals surface area contributed by atoms with Gasteiger partial charge in [0.15, 0.2) is 0 Å². The Morgan fingerprint density at radius 2 is 1.60 bits per heavy atom. The fourth-order valence-corrected chi connectivity index (χ4v) is 3.69. The van der Waals surface area contributed by atoms with Gasteiger partial charge in [0.05, 0.1) is 11.6 Å². The second-order valence-corrected chi connectivity index (χ2v) is 7.47. The van der Waals surface area contributed by atoms with Crippen LogP contribution in [0.3, 0.4) is 0 Å². The average molecular weight is 407 g/mol. The van der Waals surface area contributed by atoms with Gasteiger partial charge in [-0.1, -0.05) is 66.6 Å². The Balaban J connectivity index is 1.95. The third-order valence-electron chi connectivity index (χ3n) is 5.27. The van der Waals surface area contributed by atoms with Crippen LogP contribution in [-0.4, -0.2) is 39.3 Å². The maximum absolute atomic E-state index is 12.9. The first-order chi connectivity index (χ1) is 14.4. The average Bonchev–Trinajstić information content (AvgIpc) is 2.99. The highest BCUT2D eigenvalue weighted by Gasteiger charge is 2.45. The van der Waals surface area contributed by atoms with Crippen molar-refractivity contribution in [1.29, 1.82) is 0 Å². The lowest BCUT2D eigenvalue weighted by Gasteiger charge is -2.25. The summed E-state index contributed by atoms with van der Waals surface area (Å²) in [5.41, 5.74) is 2.37. The number of carbonyl (C=O) groups excluding carboxylic acids is 2. The number of aliphatic hydroxyl groups is 1. The highest BCUT2D eigenvalue weighted by molar-refractivity contribution is 6.46. The van der Waals surface area contributed by atoms with Crippen LogP contribution in [0, 0.1) is 6.92 Å². The van der Waals surface area contributed by atoms with Crippen LogP contribution in [0.25, 0.3) is 5.76 Å². The fraction of sp³-hybridized carbons (Fsp3) is 0.292. The number of hydrogen-bond donors (Lipinski definition) is 2. The Morgan fingerprint density at radius 3 is 2.23 bits per heavy atom. The Morgan fingerprint density at radius 1 is 0.933 bits per heavy atom. The van der Waals surface area contributed by atoms with E-state index in [1.807, 2.05) is 37.3 Å². The van der Waals surface area contributed by atoms with Gasteiger partial charge in [0.1, 0.15) is 5.76 Å². The van der Waals surface area contributed by atoms with E-state index in [2.05, 4.69) is 0 Å². The molecule has 0 radical (unpaired) electrons. The van der Waals surface area contributed by atoms with Crippen LogP contribution in [0.15, 0.2) is 60.2 Å². The van der Waals surface area contributed by atoms with Crippen molar-refractivity contribution in [3.8, 4) is 0 Å². The standard InChI is InChI=1S/C24H25NO5/c1-16-11-13-17(14-12-16)21-20(22(28)18-8-4-2-5-9-18)23(29)24(30)25(21)15-7-3-6-10-19(26)27/h2,4-5,8-9,11-14,21,28H,3,6-7,10,15H2,1H3,(H,26,27). The summed E-state index contributed by atoms with van der Waals surface area (Å²) in [6.45, 7) is 2.27. The van der Waals surface area contributed by atoms with Crippen molar-refractivity contribution in [3.05, 3.63) is 76.9 Å². The Bertz CT molecular complexity index is 963. The summed E-state index contributed by atoms with van der Waals surface area (Å²) >= 11 is 0. The number of aryl methyl sites for hydroxylation is 1. The topological polar surface area (TPSA) is 94.9 Å². The number of unbranched alkanes of at least 4 members (excludes halogenated alkanes) is 2. The summed E-state index contributed by atoms with van der Waals surface area (Å²) < 4.78 is 0. The Labute approximate surface area is 175 Å². The van der Waals surface area contributed by atoms with Gasteiger partial charge < -0.3 is 15.1 Å². The van der Waals surface area contributed by atoms with Gasteiger partial charge >= 0.3 is 5.97 Å². The summed E-state index contributed by atoms with van der Waals surface area (Å²) in [6.07, 6.45) is 1.80. The van der Waals surface area contributed by atoms with Gasteiger partial charge in [-0.2, -0.15) is 0 Å². The first-order valence-electron chi connectivity index (χ1n) is 10.0. The molecule has 2 aromatic carbocycles. The van der Waals surface area contributed by atoms with Crippen LogP contribution < -0.4 is 0 Å². The molecule has 6 nitrogen and oxygen atoms in total. The summed E-state index contributed by atoms with van der Waals surface area (Å²) in [6, 6.07) is 15.6. The zero-order valence-electron chi connectivity index (χ0n) is 16.9. The van der Waals surface area contributed by atoms with Gasteiger partial charge in [-0.15, -0.1) is 0 Å². The molecule has 1 saturated heterocycles. The van der Waals surface area contributed by atoms with E-state index < -0.39 is 23.7 Å². The fourth-order valence-electron chi connectivity index (χ4n) is 3.69. The number of carboxylic acid groups (broad SMARTS) is 1. The van der Waals surface area contributed by atoms with Crippen molar-refractivity contribution in [2.24, 2.45) is 0 Å². The number of hydrogen-bond acceptors (Lipinski definition) is 4. The molecule has 0 spiro atoms. The minimum absolute atomic E-state index is 0.0776. The van der Waals surface area contributed by atoms with Gasteiger partial charge in [0.2, 0.25) is 0 Å². The molecule has 0 saturated carbocycles. The monoisotopic (exact) mass is 407 g/mol. The molecule has 1 aliphatic rings. The SMILES string of the molecule is Cc1ccc(C2C(=C(O)c3ccccc3)C(=O)C(=O)N2CCCCCC(=O)O)cc1. The third kappa shape index (κ3) is 4.59. The quantitative estimate of drug-likeness (QED) is 0.298.